The van der Waals surface area contributed by atoms with Crippen molar-refractivity contribution in [2.24, 2.45) is 0 Å². The fourth-order valence-corrected chi connectivity index (χ4v) is 23.2. The van der Waals surface area contributed by atoms with Crippen molar-refractivity contribution in [3.05, 3.63) is 188 Å². The third-order valence-electron chi connectivity index (χ3n) is 14.4. The van der Waals surface area contributed by atoms with E-state index in [2.05, 4.69) is 217 Å². The molecule has 0 radical (unpaired) electrons. The van der Waals surface area contributed by atoms with Gasteiger partial charge >= 0.3 is 379 Å². The molecule has 6 nitrogen and oxygen atoms in total. The molecule has 0 amide bonds. The van der Waals surface area contributed by atoms with Gasteiger partial charge < -0.3 is 0 Å². The Balaban J connectivity index is 1.10. The molecule has 2 aromatic heterocycles. The van der Waals surface area contributed by atoms with Crippen LogP contribution >= 0.6 is 0 Å². The topological polar surface area (TPSA) is 40.8 Å². The number of aromatic nitrogens is 2. The molecule has 4 aliphatic rings. The number of para-hydroxylation sites is 4. The van der Waals surface area contributed by atoms with Crippen LogP contribution in [0.2, 0.25) is 0 Å². The van der Waals surface area contributed by atoms with Gasteiger partial charge in [-0.1, -0.05) is 0 Å². The second-order valence-corrected chi connectivity index (χ2v) is 26.4. The summed E-state index contributed by atoms with van der Waals surface area (Å²) in [5, 5.41) is 4.85. The Bertz CT molecular complexity index is 3830. The van der Waals surface area contributed by atoms with Crippen LogP contribution in [0, 0.1) is 0 Å². The van der Waals surface area contributed by atoms with E-state index in [4.69, 9.17) is 14.2 Å². The molecule has 1 atom stereocenters. The second-order valence-electron chi connectivity index (χ2n) is 18.9. The summed E-state index contributed by atoms with van der Waals surface area (Å²) < 4.78 is 31.8. The minimum atomic E-state index is -4.12. The summed E-state index contributed by atoms with van der Waals surface area (Å²) in [6.07, 6.45) is 0. The molecule has 7 heteroatoms. The van der Waals surface area contributed by atoms with Crippen LogP contribution in [0.25, 0.3) is 55.0 Å². The molecule has 15 rings (SSSR count). The molecule has 6 heterocycles. The molecule has 65 heavy (non-hydrogen) atoms. The van der Waals surface area contributed by atoms with Crippen LogP contribution in [-0.2, 0) is 5.41 Å². The van der Waals surface area contributed by atoms with E-state index in [1.165, 1.54) is 44.7 Å². The Kier molecular flexibility index (Phi) is 6.77. The number of hydrogen-bond donors (Lipinski definition) is 0. The molecular formula is C58H39GeN3O3. The third-order valence-corrected chi connectivity index (χ3v) is 24.8. The van der Waals surface area contributed by atoms with E-state index < -0.39 is 13.3 Å². The van der Waals surface area contributed by atoms with Gasteiger partial charge in [-0.3, -0.25) is 0 Å². The minimum absolute atomic E-state index is 0.0658. The summed E-state index contributed by atoms with van der Waals surface area (Å²) in [5.74, 6) is 5.11. The summed E-state index contributed by atoms with van der Waals surface area (Å²) in [6, 6.07) is 66.4. The molecule has 4 aliphatic heterocycles. The van der Waals surface area contributed by atoms with E-state index in [0.717, 1.165) is 85.0 Å². The van der Waals surface area contributed by atoms with E-state index in [-0.39, 0.29) is 5.41 Å². The summed E-state index contributed by atoms with van der Waals surface area (Å²) in [7, 11) is 0. The number of rotatable bonds is 3. The van der Waals surface area contributed by atoms with E-state index >= 15 is 0 Å². The predicted molar refractivity (Wildman–Crippen MR) is 266 cm³/mol. The van der Waals surface area contributed by atoms with Crippen molar-refractivity contribution in [2.75, 3.05) is 4.90 Å². The van der Waals surface area contributed by atoms with E-state index in [9.17, 15) is 0 Å². The fourth-order valence-electron chi connectivity index (χ4n) is 11.8. The third kappa shape index (κ3) is 4.49. The van der Waals surface area contributed by atoms with Crippen molar-refractivity contribution < 1.29 is 14.2 Å². The first-order chi connectivity index (χ1) is 31.9. The summed E-state index contributed by atoms with van der Waals surface area (Å²) in [5.41, 5.74) is 10.9. The zero-order chi connectivity index (χ0) is 42.9. The van der Waals surface area contributed by atoms with Gasteiger partial charge in [0.1, 0.15) is 0 Å². The summed E-state index contributed by atoms with van der Waals surface area (Å²) in [4.78, 5) is 2.47. The van der Waals surface area contributed by atoms with Gasteiger partial charge in [0.2, 0.25) is 0 Å². The first-order valence-corrected chi connectivity index (χ1v) is 26.6. The van der Waals surface area contributed by atoms with Crippen molar-refractivity contribution >= 4 is 91.5 Å². The zero-order valence-corrected chi connectivity index (χ0v) is 38.0. The molecule has 0 spiro atoms. The first-order valence-electron chi connectivity index (χ1n) is 22.4. The molecule has 0 fully saturated rings. The normalized spacial score (nSPS) is 16.0. The molecule has 308 valence electrons. The van der Waals surface area contributed by atoms with Crippen LogP contribution in [0.5, 0.6) is 34.5 Å². The molecule has 9 aromatic carbocycles. The Hall–Kier alpha value is -7.68. The molecule has 0 saturated carbocycles. The van der Waals surface area contributed by atoms with Crippen molar-refractivity contribution in [1.29, 1.82) is 0 Å². The molecule has 1 unspecified atom stereocenters. The Labute approximate surface area is 377 Å². The van der Waals surface area contributed by atoms with E-state index in [1.54, 1.807) is 0 Å². The standard InChI is InChI=1S/C58H39GeN3O3/c1-58(2,3)34-25-26-46-50(29-34)64-49-28-27-48-56-57(49)62(46)47-30-36(60-42-21-11-7-17-38(42)39-18-8-12-22-43(39)60)31-51-54(47)59(56,35-15-5-4-6-16-35)55-52(63-48)32-37(33-53(55)65-51)61-44-23-13-9-19-40(44)41-20-10-14-24-45(41)61/h4-33H,1-3H3. The zero-order valence-electron chi connectivity index (χ0n) is 35.9. The van der Waals surface area contributed by atoms with Gasteiger partial charge in [-0.05, 0) is 0 Å². The Morgan fingerprint density at radius 3 is 1.43 bits per heavy atom. The van der Waals surface area contributed by atoms with Gasteiger partial charge in [-0.15, -0.1) is 0 Å². The predicted octanol–water partition coefficient (Wildman–Crippen LogP) is 12.7. The molecule has 11 aromatic rings. The molecule has 0 bridgehead atoms. The van der Waals surface area contributed by atoms with Crippen LogP contribution in [0.1, 0.15) is 26.3 Å². The van der Waals surface area contributed by atoms with Crippen LogP contribution < -0.4 is 36.7 Å². The van der Waals surface area contributed by atoms with Crippen LogP contribution in [0.3, 0.4) is 0 Å². The van der Waals surface area contributed by atoms with Gasteiger partial charge in [0.15, 0.2) is 0 Å². The SMILES string of the molecule is CC(C)(C)c1ccc2c(c1)Oc1ccc3[c]4c1N2c1cc(-n2c5ccccc5c5ccccc52)cc2[c]1[Ge]4([c]1ccccc1)[c]1c(cc(-n4c5ccccc5c5ccccc54)cc1O3)O2. The van der Waals surface area contributed by atoms with Crippen LogP contribution in [0.15, 0.2) is 182 Å². The first kappa shape index (κ1) is 35.7. The maximum absolute atomic E-state index is 7.60. The van der Waals surface area contributed by atoms with Crippen LogP contribution in [-0.4, -0.2) is 22.4 Å². The second kappa shape index (κ2) is 12.3. The number of hydrogen-bond acceptors (Lipinski definition) is 4. The van der Waals surface area contributed by atoms with Crippen molar-refractivity contribution in [1.82, 2.24) is 9.13 Å². The van der Waals surface area contributed by atoms with Crippen molar-refractivity contribution in [2.45, 2.75) is 26.2 Å². The monoisotopic (exact) mass is 899 g/mol. The molecular weight excluding hydrogens is 859 g/mol. The van der Waals surface area contributed by atoms with E-state index in [1.807, 2.05) is 0 Å². The van der Waals surface area contributed by atoms with Gasteiger partial charge in [0, 0.05) is 0 Å². The number of ether oxygens (including phenoxy) is 3. The Morgan fingerprint density at radius 1 is 0.385 bits per heavy atom. The van der Waals surface area contributed by atoms with Crippen molar-refractivity contribution in [3.8, 4) is 45.9 Å². The van der Waals surface area contributed by atoms with Gasteiger partial charge in [0.05, 0.1) is 0 Å². The van der Waals surface area contributed by atoms with Gasteiger partial charge in [-0.2, -0.15) is 0 Å². The maximum atomic E-state index is 7.60. The van der Waals surface area contributed by atoms with Crippen LogP contribution in [0.4, 0.5) is 17.1 Å². The average molecular weight is 899 g/mol. The average Bonchev–Trinajstić information content (AvgIpc) is 3.85. The van der Waals surface area contributed by atoms with Gasteiger partial charge in [0.25, 0.3) is 0 Å². The van der Waals surface area contributed by atoms with E-state index in [0.29, 0.717) is 0 Å². The summed E-state index contributed by atoms with van der Waals surface area (Å²) in [6.45, 7) is 6.77. The van der Waals surface area contributed by atoms with Gasteiger partial charge in [-0.25, -0.2) is 0 Å². The van der Waals surface area contributed by atoms with Crippen molar-refractivity contribution in [3.63, 3.8) is 0 Å². The quantitative estimate of drug-likeness (QED) is 0.166. The number of fused-ring (bicyclic) bond motifs is 9. The molecule has 0 aliphatic carbocycles. The number of nitrogens with zero attached hydrogens (tertiary/aromatic N) is 3. The summed E-state index contributed by atoms with van der Waals surface area (Å²) >= 11 is -4.12. The molecule has 0 saturated heterocycles. The Morgan fingerprint density at radius 2 is 0.862 bits per heavy atom. The number of anilines is 3. The molecule has 0 N–H and O–H groups in total. The fraction of sp³-hybridized carbons (Fsp3) is 0.0690. The number of benzene rings is 9.